The number of aryl methyl sites for hydroxylation is 1. The average Bonchev–Trinajstić information content (AvgIpc) is 2.60. The first kappa shape index (κ1) is 10.6. The maximum Gasteiger partial charge on any atom is 0.318 e. The minimum Gasteiger partial charge on any atom is -0.468 e. The summed E-state index contributed by atoms with van der Waals surface area (Å²) in [5, 5.41) is 0. The van der Waals surface area contributed by atoms with Crippen LogP contribution >= 0.6 is 0 Å². The third-order valence-electron chi connectivity index (χ3n) is 2.14. The zero-order chi connectivity index (χ0) is 10.6. The molecule has 3 heteroatoms. The molecule has 1 unspecified atom stereocenters. The van der Waals surface area contributed by atoms with Gasteiger partial charge in [0.1, 0.15) is 5.92 Å². The van der Waals surface area contributed by atoms with Crippen LogP contribution in [0, 0.1) is 0 Å². The Morgan fingerprint density at radius 1 is 1.64 bits per heavy atom. The lowest BCUT2D eigenvalue weighted by molar-refractivity contribution is -0.141. The molecule has 1 rings (SSSR count). The number of methoxy groups -OCH3 is 1. The van der Waals surface area contributed by atoms with Gasteiger partial charge in [-0.2, -0.15) is 0 Å². The second kappa shape index (κ2) is 4.65. The van der Waals surface area contributed by atoms with Crippen molar-refractivity contribution in [2.75, 3.05) is 7.11 Å². The van der Waals surface area contributed by atoms with Gasteiger partial charge < -0.3 is 9.30 Å². The van der Waals surface area contributed by atoms with E-state index in [1.165, 1.54) is 7.11 Å². The standard InChI is InChI=1S/C11H15NO2/c1-4-6-9(11(13)14-3)10-7-5-8-12(10)2/h4-9H,1-3H3/b6-4-. The fraction of sp³-hybridized carbons (Fsp3) is 0.364. The highest BCUT2D eigenvalue weighted by Gasteiger charge is 2.19. The van der Waals surface area contributed by atoms with E-state index in [1.54, 1.807) is 0 Å². The molecule has 0 fully saturated rings. The zero-order valence-corrected chi connectivity index (χ0v) is 8.73. The summed E-state index contributed by atoms with van der Waals surface area (Å²) in [6.45, 7) is 1.89. The number of aromatic nitrogens is 1. The van der Waals surface area contributed by atoms with E-state index >= 15 is 0 Å². The summed E-state index contributed by atoms with van der Waals surface area (Å²) < 4.78 is 6.66. The second-order valence-electron chi connectivity index (χ2n) is 3.07. The summed E-state index contributed by atoms with van der Waals surface area (Å²) in [7, 11) is 3.32. The number of ether oxygens (including phenoxy) is 1. The highest BCUT2D eigenvalue weighted by Crippen LogP contribution is 2.18. The van der Waals surface area contributed by atoms with Crippen molar-refractivity contribution in [1.82, 2.24) is 4.57 Å². The molecular weight excluding hydrogens is 178 g/mol. The first-order valence-electron chi connectivity index (χ1n) is 4.52. The molecule has 0 N–H and O–H groups in total. The maximum absolute atomic E-state index is 11.5. The van der Waals surface area contributed by atoms with Gasteiger partial charge in [0, 0.05) is 18.9 Å². The zero-order valence-electron chi connectivity index (χ0n) is 8.73. The van der Waals surface area contributed by atoms with E-state index in [0.29, 0.717) is 0 Å². The monoisotopic (exact) mass is 193 g/mol. The number of allylic oxidation sites excluding steroid dienone is 1. The van der Waals surface area contributed by atoms with Crippen LogP contribution in [0.5, 0.6) is 0 Å². The van der Waals surface area contributed by atoms with E-state index in [1.807, 2.05) is 49.0 Å². The lowest BCUT2D eigenvalue weighted by Crippen LogP contribution is -2.14. The van der Waals surface area contributed by atoms with Crippen LogP contribution in [0.2, 0.25) is 0 Å². The molecule has 76 valence electrons. The fourth-order valence-corrected chi connectivity index (χ4v) is 1.41. The van der Waals surface area contributed by atoms with Crippen LogP contribution in [0.1, 0.15) is 18.5 Å². The first-order valence-corrected chi connectivity index (χ1v) is 4.52. The van der Waals surface area contributed by atoms with Gasteiger partial charge >= 0.3 is 5.97 Å². The maximum atomic E-state index is 11.5. The predicted molar refractivity (Wildman–Crippen MR) is 55.0 cm³/mol. The van der Waals surface area contributed by atoms with E-state index < -0.39 is 0 Å². The Morgan fingerprint density at radius 3 is 2.79 bits per heavy atom. The number of rotatable bonds is 3. The van der Waals surface area contributed by atoms with Gasteiger partial charge in [-0.1, -0.05) is 12.2 Å². The molecule has 0 saturated heterocycles. The van der Waals surface area contributed by atoms with E-state index in [-0.39, 0.29) is 11.9 Å². The van der Waals surface area contributed by atoms with Gasteiger partial charge in [-0.3, -0.25) is 4.79 Å². The summed E-state index contributed by atoms with van der Waals surface area (Å²) in [4.78, 5) is 11.5. The Balaban J connectivity index is 3.00. The van der Waals surface area contributed by atoms with Crippen LogP contribution in [-0.2, 0) is 16.6 Å². The molecule has 0 bridgehead atoms. The third kappa shape index (κ3) is 2.05. The molecule has 1 atom stereocenters. The molecular formula is C11H15NO2. The normalized spacial score (nSPS) is 13.1. The van der Waals surface area contributed by atoms with Crippen LogP contribution in [0.25, 0.3) is 0 Å². The van der Waals surface area contributed by atoms with Gasteiger partial charge in [0.2, 0.25) is 0 Å². The number of hydrogen-bond acceptors (Lipinski definition) is 2. The first-order chi connectivity index (χ1) is 6.70. The van der Waals surface area contributed by atoms with Gasteiger partial charge in [-0.25, -0.2) is 0 Å². The molecule has 0 radical (unpaired) electrons. The Bertz CT molecular complexity index is 339. The molecule has 1 aromatic heterocycles. The Hall–Kier alpha value is -1.51. The SMILES string of the molecule is C/C=C\C(C(=O)OC)c1cccn1C. The van der Waals surface area contributed by atoms with Crippen molar-refractivity contribution < 1.29 is 9.53 Å². The Kier molecular flexibility index (Phi) is 3.51. The van der Waals surface area contributed by atoms with Gasteiger partial charge in [0.15, 0.2) is 0 Å². The van der Waals surface area contributed by atoms with Crippen LogP contribution in [0.3, 0.4) is 0 Å². The van der Waals surface area contributed by atoms with Crippen LogP contribution in [0.4, 0.5) is 0 Å². The molecule has 0 aromatic carbocycles. The quantitative estimate of drug-likeness (QED) is 0.542. The largest absolute Gasteiger partial charge is 0.468 e. The number of carbonyl (C=O) groups excluding carboxylic acids is 1. The third-order valence-corrected chi connectivity index (χ3v) is 2.14. The molecule has 0 spiro atoms. The van der Waals surface area contributed by atoms with Crippen molar-refractivity contribution in [3.63, 3.8) is 0 Å². The number of hydrogen-bond donors (Lipinski definition) is 0. The number of nitrogens with zero attached hydrogens (tertiary/aromatic N) is 1. The topological polar surface area (TPSA) is 31.2 Å². The highest BCUT2D eigenvalue weighted by atomic mass is 16.5. The van der Waals surface area contributed by atoms with Gasteiger partial charge in [0.25, 0.3) is 0 Å². The Labute approximate surface area is 84.0 Å². The minimum absolute atomic E-state index is 0.232. The number of esters is 1. The van der Waals surface area contributed by atoms with Crippen molar-refractivity contribution in [2.24, 2.45) is 7.05 Å². The summed E-state index contributed by atoms with van der Waals surface area (Å²) >= 11 is 0. The predicted octanol–water partition coefficient (Wildman–Crippen LogP) is 1.86. The molecule has 0 saturated carbocycles. The summed E-state index contributed by atoms with van der Waals surface area (Å²) in [5.41, 5.74) is 0.940. The van der Waals surface area contributed by atoms with E-state index in [0.717, 1.165) is 5.69 Å². The van der Waals surface area contributed by atoms with Crippen LogP contribution in [-0.4, -0.2) is 17.6 Å². The van der Waals surface area contributed by atoms with Crippen LogP contribution in [0.15, 0.2) is 30.5 Å². The molecule has 0 aliphatic carbocycles. The van der Waals surface area contributed by atoms with E-state index in [2.05, 4.69) is 0 Å². The van der Waals surface area contributed by atoms with Crippen molar-refractivity contribution in [3.05, 3.63) is 36.2 Å². The number of carbonyl (C=O) groups is 1. The van der Waals surface area contributed by atoms with Crippen molar-refractivity contribution in [2.45, 2.75) is 12.8 Å². The van der Waals surface area contributed by atoms with Crippen molar-refractivity contribution in [1.29, 1.82) is 0 Å². The van der Waals surface area contributed by atoms with Gasteiger partial charge in [-0.05, 0) is 19.1 Å². The highest BCUT2D eigenvalue weighted by molar-refractivity contribution is 5.79. The molecule has 0 amide bonds. The second-order valence-corrected chi connectivity index (χ2v) is 3.07. The molecule has 0 aliphatic rings. The molecule has 3 nitrogen and oxygen atoms in total. The van der Waals surface area contributed by atoms with E-state index in [4.69, 9.17) is 4.74 Å². The van der Waals surface area contributed by atoms with Gasteiger partial charge in [0.05, 0.1) is 7.11 Å². The lowest BCUT2D eigenvalue weighted by Gasteiger charge is -2.11. The fourth-order valence-electron chi connectivity index (χ4n) is 1.41. The van der Waals surface area contributed by atoms with Gasteiger partial charge in [-0.15, -0.1) is 0 Å². The van der Waals surface area contributed by atoms with Crippen LogP contribution < -0.4 is 0 Å². The van der Waals surface area contributed by atoms with Crippen molar-refractivity contribution in [3.8, 4) is 0 Å². The molecule has 14 heavy (non-hydrogen) atoms. The summed E-state index contributed by atoms with van der Waals surface area (Å²) in [6, 6.07) is 3.83. The Morgan fingerprint density at radius 2 is 2.36 bits per heavy atom. The smallest absolute Gasteiger partial charge is 0.318 e. The van der Waals surface area contributed by atoms with Crippen molar-refractivity contribution >= 4 is 5.97 Å². The summed E-state index contributed by atoms with van der Waals surface area (Å²) in [5.74, 6) is -0.533. The minimum atomic E-state index is -0.301. The van der Waals surface area contributed by atoms with E-state index in [9.17, 15) is 4.79 Å². The lowest BCUT2D eigenvalue weighted by atomic mass is 10.1. The molecule has 0 aliphatic heterocycles. The molecule has 1 heterocycles. The summed E-state index contributed by atoms with van der Waals surface area (Å²) in [6.07, 6.45) is 5.60. The molecule has 1 aromatic rings. The average molecular weight is 193 g/mol.